The molecular formula is C20H32FNO3. The van der Waals surface area contributed by atoms with Gasteiger partial charge in [0.25, 0.3) is 0 Å². The fraction of sp³-hybridized carbons (Fsp3) is 0.900. The zero-order valence-corrected chi connectivity index (χ0v) is 15.1. The summed E-state index contributed by atoms with van der Waals surface area (Å²) < 4.78 is 13.1. The molecule has 0 aliphatic heterocycles. The molecule has 4 N–H and O–H groups in total. The van der Waals surface area contributed by atoms with Gasteiger partial charge >= 0.3 is 0 Å². The Bertz CT molecular complexity index is 502. The Morgan fingerprint density at radius 1 is 1.08 bits per heavy atom. The molecule has 0 amide bonds. The molecule has 0 aromatic rings. The van der Waals surface area contributed by atoms with Crippen LogP contribution in [0, 0.1) is 23.2 Å². The van der Waals surface area contributed by atoms with Gasteiger partial charge in [-0.3, -0.25) is 0 Å². The van der Waals surface area contributed by atoms with Crippen molar-refractivity contribution in [2.45, 2.75) is 82.3 Å². The van der Waals surface area contributed by atoms with Crippen LogP contribution in [0.3, 0.4) is 0 Å². The van der Waals surface area contributed by atoms with Crippen molar-refractivity contribution in [1.29, 1.82) is 0 Å². The van der Waals surface area contributed by atoms with Crippen LogP contribution >= 0.6 is 0 Å². The zero-order chi connectivity index (χ0) is 17.8. The van der Waals surface area contributed by atoms with E-state index in [1.54, 1.807) is 6.08 Å². The fourth-order valence-electron chi connectivity index (χ4n) is 6.89. The highest BCUT2D eigenvalue weighted by atomic mass is 19.1. The third-order valence-electron chi connectivity index (χ3n) is 7.35. The van der Waals surface area contributed by atoms with Gasteiger partial charge in [0.15, 0.2) is 0 Å². The van der Waals surface area contributed by atoms with E-state index in [-0.39, 0.29) is 11.6 Å². The summed E-state index contributed by atoms with van der Waals surface area (Å²) in [6, 6.07) is -0.316. The lowest BCUT2D eigenvalue weighted by atomic mass is 9.48. The molecule has 4 bridgehead atoms. The van der Waals surface area contributed by atoms with Crippen molar-refractivity contribution in [2.75, 3.05) is 6.67 Å². The Morgan fingerprint density at radius 2 is 1.64 bits per heavy atom. The minimum atomic E-state index is -1.33. The molecule has 5 heteroatoms. The SMILES string of the molecule is CC(CC12CC3CC(CC(C3)C1)C2)N[C@@H]1C=C(CF)[C@H](O)[C@H](O)[C@H]1O. The van der Waals surface area contributed by atoms with Crippen molar-refractivity contribution in [3.05, 3.63) is 11.6 Å². The molecule has 4 fully saturated rings. The van der Waals surface area contributed by atoms with Gasteiger partial charge in [-0.1, -0.05) is 6.08 Å². The summed E-state index contributed by atoms with van der Waals surface area (Å²) in [5.41, 5.74) is 0.600. The number of rotatable bonds is 5. The Morgan fingerprint density at radius 3 is 2.16 bits per heavy atom. The maximum Gasteiger partial charge on any atom is 0.113 e. The quantitative estimate of drug-likeness (QED) is 0.570. The molecule has 5 atom stereocenters. The summed E-state index contributed by atoms with van der Waals surface area (Å²) in [5.74, 6) is 2.73. The predicted molar refractivity (Wildman–Crippen MR) is 93.7 cm³/mol. The van der Waals surface area contributed by atoms with E-state index in [4.69, 9.17) is 0 Å². The van der Waals surface area contributed by atoms with E-state index in [2.05, 4.69) is 12.2 Å². The standard InChI is InChI=1S/C20H32FNO3/c1-11(22-16-5-15(10-21)17(23)19(25)18(16)24)6-20-7-12-2-13(8-20)4-14(3-12)9-20/h5,11-14,16-19,22-25H,2-4,6-10H2,1H3/t11?,12?,13?,14?,16-,17+,18+,19+,20?/m1/s1. The average molecular weight is 353 g/mol. The van der Waals surface area contributed by atoms with Crippen LogP contribution < -0.4 is 5.32 Å². The maximum atomic E-state index is 13.1. The fourth-order valence-corrected chi connectivity index (χ4v) is 6.89. The minimum Gasteiger partial charge on any atom is -0.388 e. The van der Waals surface area contributed by atoms with E-state index < -0.39 is 31.0 Å². The topological polar surface area (TPSA) is 72.7 Å². The predicted octanol–water partition coefficient (Wildman–Crippen LogP) is 1.93. The van der Waals surface area contributed by atoms with Gasteiger partial charge in [0.05, 0.1) is 6.04 Å². The second-order valence-corrected chi connectivity index (χ2v) is 9.52. The first-order valence-electron chi connectivity index (χ1n) is 9.96. The van der Waals surface area contributed by atoms with Gasteiger partial charge in [0.1, 0.15) is 25.0 Å². The molecule has 5 rings (SSSR count). The summed E-state index contributed by atoms with van der Waals surface area (Å²) in [4.78, 5) is 0. The van der Waals surface area contributed by atoms with Gasteiger partial charge in [0.2, 0.25) is 0 Å². The highest BCUT2D eigenvalue weighted by molar-refractivity contribution is 5.22. The van der Waals surface area contributed by atoms with Crippen LogP contribution in [0.15, 0.2) is 11.6 Å². The molecule has 0 radical (unpaired) electrons. The van der Waals surface area contributed by atoms with Gasteiger partial charge in [-0.05, 0) is 80.6 Å². The van der Waals surface area contributed by atoms with Crippen LogP contribution in [0.4, 0.5) is 4.39 Å². The van der Waals surface area contributed by atoms with E-state index in [1.807, 2.05) is 0 Å². The van der Waals surface area contributed by atoms with E-state index in [1.165, 1.54) is 38.5 Å². The molecular weight excluding hydrogens is 321 g/mol. The number of hydrogen-bond donors (Lipinski definition) is 4. The summed E-state index contributed by atoms with van der Waals surface area (Å²) in [6.07, 6.45) is 7.19. The van der Waals surface area contributed by atoms with Gasteiger partial charge in [-0.25, -0.2) is 4.39 Å². The molecule has 25 heavy (non-hydrogen) atoms. The Hall–Kier alpha value is -0.490. The summed E-state index contributed by atoms with van der Waals surface area (Å²) >= 11 is 0. The van der Waals surface area contributed by atoms with Crippen LogP contribution in [0.2, 0.25) is 0 Å². The third kappa shape index (κ3) is 3.29. The molecule has 5 aliphatic rings. The number of hydrogen-bond acceptors (Lipinski definition) is 4. The lowest BCUT2D eigenvalue weighted by Crippen LogP contribution is -2.56. The highest BCUT2D eigenvalue weighted by Gasteiger charge is 2.51. The first-order valence-corrected chi connectivity index (χ1v) is 9.96. The molecule has 1 unspecified atom stereocenters. The Kier molecular flexibility index (Phi) is 4.72. The number of halogens is 1. The molecule has 0 aromatic carbocycles. The highest BCUT2D eigenvalue weighted by Crippen LogP contribution is 2.61. The maximum absolute atomic E-state index is 13.1. The smallest absolute Gasteiger partial charge is 0.113 e. The van der Waals surface area contributed by atoms with E-state index in [9.17, 15) is 19.7 Å². The molecule has 4 saturated carbocycles. The number of aliphatic hydroxyl groups is 3. The molecule has 0 spiro atoms. The Labute approximate surface area is 149 Å². The lowest BCUT2D eigenvalue weighted by Gasteiger charge is -2.57. The van der Waals surface area contributed by atoms with E-state index >= 15 is 0 Å². The number of nitrogens with one attached hydrogen (secondary N) is 1. The Balaban J connectivity index is 1.42. The van der Waals surface area contributed by atoms with Gasteiger partial charge in [-0.15, -0.1) is 0 Å². The molecule has 142 valence electrons. The first-order chi connectivity index (χ1) is 11.9. The van der Waals surface area contributed by atoms with Gasteiger partial charge in [0, 0.05) is 6.04 Å². The number of alkyl halides is 1. The zero-order valence-electron chi connectivity index (χ0n) is 15.1. The van der Waals surface area contributed by atoms with Crippen molar-refractivity contribution in [3.63, 3.8) is 0 Å². The molecule has 4 nitrogen and oxygen atoms in total. The molecule has 0 aromatic heterocycles. The third-order valence-corrected chi connectivity index (χ3v) is 7.35. The summed E-state index contributed by atoms with van der Waals surface area (Å²) in [7, 11) is 0. The van der Waals surface area contributed by atoms with Crippen molar-refractivity contribution in [2.24, 2.45) is 23.2 Å². The number of aliphatic hydroxyl groups excluding tert-OH is 3. The molecule has 5 aliphatic carbocycles. The van der Waals surface area contributed by atoms with Crippen LogP contribution in [0.25, 0.3) is 0 Å². The van der Waals surface area contributed by atoms with Crippen LogP contribution in [-0.2, 0) is 0 Å². The normalized spacial score (nSPS) is 50.0. The summed E-state index contributed by atoms with van der Waals surface area (Å²) in [5, 5.41) is 33.5. The van der Waals surface area contributed by atoms with Crippen molar-refractivity contribution >= 4 is 0 Å². The minimum absolute atomic E-state index is 0.164. The second kappa shape index (κ2) is 6.59. The second-order valence-electron chi connectivity index (χ2n) is 9.52. The van der Waals surface area contributed by atoms with E-state index in [0.717, 1.165) is 24.2 Å². The first kappa shape index (κ1) is 17.9. The van der Waals surface area contributed by atoms with Gasteiger partial charge in [-0.2, -0.15) is 0 Å². The van der Waals surface area contributed by atoms with Crippen molar-refractivity contribution < 1.29 is 19.7 Å². The van der Waals surface area contributed by atoms with Crippen LogP contribution in [0.1, 0.15) is 51.9 Å². The van der Waals surface area contributed by atoms with Gasteiger partial charge < -0.3 is 20.6 Å². The largest absolute Gasteiger partial charge is 0.388 e. The van der Waals surface area contributed by atoms with E-state index in [0.29, 0.717) is 5.41 Å². The van der Waals surface area contributed by atoms with Crippen molar-refractivity contribution in [1.82, 2.24) is 5.32 Å². The average Bonchev–Trinajstić information content (AvgIpc) is 2.53. The molecule has 0 heterocycles. The monoisotopic (exact) mass is 353 g/mol. The molecule has 0 saturated heterocycles. The lowest BCUT2D eigenvalue weighted by molar-refractivity contribution is -0.0723. The summed E-state index contributed by atoms with van der Waals surface area (Å²) in [6.45, 7) is 1.33. The van der Waals surface area contributed by atoms with Crippen LogP contribution in [-0.4, -0.2) is 52.4 Å². The van der Waals surface area contributed by atoms with Crippen molar-refractivity contribution in [3.8, 4) is 0 Å². The van der Waals surface area contributed by atoms with Crippen LogP contribution in [0.5, 0.6) is 0 Å².